The number of fused-ring (bicyclic) bond motifs is 1. The van der Waals surface area contributed by atoms with E-state index in [0.29, 0.717) is 24.6 Å². The van der Waals surface area contributed by atoms with Gasteiger partial charge in [-0.2, -0.15) is 4.98 Å². The Balaban J connectivity index is 1.48. The number of hydrogen-bond donors (Lipinski definition) is 1. The zero-order valence-corrected chi connectivity index (χ0v) is 20.0. The summed E-state index contributed by atoms with van der Waals surface area (Å²) < 4.78 is 7.17. The molecule has 1 atom stereocenters. The summed E-state index contributed by atoms with van der Waals surface area (Å²) in [5.74, 6) is 0.356. The lowest BCUT2D eigenvalue weighted by Crippen LogP contribution is -2.48. The molecule has 0 spiro atoms. The molecule has 180 valence electrons. The first-order valence-corrected chi connectivity index (χ1v) is 11.9. The highest BCUT2D eigenvalue weighted by molar-refractivity contribution is 5.81. The van der Waals surface area contributed by atoms with Gasteiger partial charge >= 0.3 is 5.97 Å². The Morgan fingerprint density at radius 1 is 1.09 bits per heavy atom. The standard InChI is InChI=1S/C25H32N6O3/c1-4-6-22(24(33)34-5-2)31-12-11-19-17-26-25(28-23(19)31)27-20-7-9-21(10-8-20)30-15-13-29(14-16-30)18(3)32/h7-12,17,22H,4-6,13-16H2,1-3H3,(H,26,27,28). The fourth-order valence-electron chi connectivity index (χ4n) is 4.30. The zero-order chi connectivity index (χ0) is 24.1. The molecule has 3 heterocycles. The number of anilines is 3. The summed E-state index contributed by atoms with van der Waals surface area (Å²) in [6, 6.07) is 9.63. The van der Waals surface area contributed by atoms with Crippen LogP contribution in [0.5, 0.6) is 0 Å². The largest absolute Gasteiger partial charge is 0.464 e. The highest BCUT2D eigenvalue weighted by Gasteiger charge is 2.23. The number of aromatic nitrogens is 3. The van der Waals surface area contributed by atoms with E-state index in [0.717, 1.165) is 49.4 Å². The molecular weight excluding hydrogens is 432 g/mol. The van der Waals surface area contributed by atoms with E-state index in [-0.39, 0.29) is 11.9 Å². The van der Waals surface area contributed by atoms with Crippen molar-refractivity contribution >= 4 is 40.2 Å². The van der Waals surface area contributed by atoms with Crippen molar-refractivity contribution in [1.29, 1.82) is 0 Å². The van der Waals surface area contributed by atoms with E-state index in [1.807, 2.05) is 47.7 Å². The Morgan fingerprint density at radius 3 is 2.47 bits per heavy atom. The van der Waals surface area contributed by atoms with Crippen LogP contribution in [0.25, 0.3) is 11.0 Å². The molecule has 9 heteroatoms. The summed E-state index contributed by atoms with van der Waals surface area (Å²) in [5, 5.41) is 4.14. The molecule has 0 saturated carbocycles. The molecule has 1 aliphatic heterocycles. The van der Waals surface area contributed by atoms with Gasteiger partial charge in [0.1, 0.15) is 11.7 Å². The van der Waals surface area contributed by atoms with Crippen molar-refractivity contribution in [2.45, 2.75) is 39.7 Å². The molecule has 1 saturated heterocycles. The van der Waals surface area contributed by atoms with Crippen molar-refractivity contribution in [2.75, 3.05) is 43.0 Å². The molecule has 1 fully saturated rings. The molecule has 2 aromatic heterocycles. The van der Waals surface area contributed by atoms with Gasteiger partial charge in [0.25, 0.3) is 0 Å². The fourth-order valence-corrected chi connectivity index (χ4v) is 4.30. The van der Waals surface area contributed by atoms with E-state index in [1.54, 1.807) is 13.1 Å². The Bertz CT molecular complexity index is 1140. The predicted octanol–water partition coefficient (Wildman–Crippen LogP) is 3.75. The van der Waals surface area contributed by atoms with Gasteiger partial charge in [-0.15, -0.1) is 0 Å². The van der Waals surface area contributed by atoms with E-state index in [9.17, 15) is 9.59 Å². The molecule has 1 aromatic carbocycles. The SMILES string of the molecule is CCCC(C(=O)OCC)n1ccc2cnc(Nc3ccc(N4CCN(C(C)=O)CC4)cc3)nc21. The van der Waals surface area contributed by atoms with Crippen molar-refractivity contribution < 1.29 is 14.3 Å². The Morgan fingerprint density at radius 2 is 1.82 bits per heavy atom. The van der Waals surface area contributed by atoms with Crippen LogP contribution in [0.4, 0.5) is 17.3 Å². The maximum atomic E-state index is 12.5. The van der Waals surface area contributed by atoms with Gasteiger partial charge in [-0.3, -0.25) is 4.79 Å². The van der Waals surface area contributed by atoms with E-state index < -0.39 is 6.04 Å². The third-order valence-corrected chi connectivity index (χ3v) is 6.13. The third-order valence-electron chi connectivity index (χ3n) is 6.13. The van der Waals surface area contributed by atoms with Crippen LogP contribution in [-0.4, -0.2) is 64.1 Å². The van der Waals surface area contributed by atoms with E-state index in [2.05, 4.69) is 27.3 Å². The number of hydrogen-bond acceptors (Lipinski definition) is 7. The minimum atomic E-state index is -0.409. The monoisotopic (exact) mass is 464 g/mol. The van der Waals surface area contributed by atoms with Gasteiger partial charge in [0, 0.05) is 62.3 Å². The number of carbonyl (C=O) groups is 2. The van der Waals surface area contributed by atoms with Crippen LogP contribution in [0.3, 0.4) is 0 Å². The summed E-state index contributed by atoms with van der Waals surface area (Å²) in [5.41, 5.74) is 2.69. The molecule has 34 heavy (non-hydrogen) atoms. The summed E-state index contributed by atoms with van der Waals surface area (Å²) in [4.78, 5) is 37.4. The van der Waals surface area contributed by atoms with Gasteiger partial charge in [0.2, 0.25) is 11.9 Å². The first-order chi connectivity index (χ1) is 16.5. The second-order valence-electron chi connectivity index (χ2n) is 8.42. The summed E-state index contributed by atoms with van der Waals surface area (Å²) in [6.07, 6.45) is 5.17. The normalized spacial score (nSPS) is 14.8. The maximum Gasteiger partial charge on any atom is 0.329 e. The van der Waals surface area contributed by atoms with Crippen molar-refractivity contribution in [3.05, 3.63) is 42.7 Å². The van der Waals surface area contributed by atoms with Gasteiger partial charge in [-0.25, -0.2) is 9.78 Å². The van der Waals surface area contributed by atoms with Crippen molar-refractivity contribution in [2.24, 2.45) is 0 Å². The van der Waals surface area contributed by atoms with Crippen molar-refractivity contribution in [3.8, 4) is 0 Å². The molecule has 3 aromatic rings. The number of carbonyl (C=O) groups excluding carboxylic acids is 2. The number of esters is 1. The predicted molar refractivity (Wildman–Crippen MR) is 132 cm³/mol. The number of rotatable bonds is 8. The number of amides is 1. The van der Waals surface area contributed by atoms with Crippen LogP contribution in [0.1, 0.15) is 39.7 Å². The summed E-state index contributed by atoms with van der Waals surface area (Å²) in [7, 11) is 0. The number of nitrogens with one attached hydrogen (secondary N) is 1. The first kappa shape index (κ1) is 23.5. The van der Waals surface area contributed by atoms with Crippen LogP contribution < -0.4 is 10.2 Å². The molecule has 9 nitrogen and oxygen atoms in total. The number of piperazine rings is 1. The second kappa shape index (κ2) is 10.5. The molecule has 1 N–H and O–H groups in total. The van der Waals surface area contributed by atoms with Gasteiger partial charge in [-0.1, -0.05) is 13.3 Å². The topological polar surface area (TPSA) is 92.6 Å². The molecule has 1 aliphatic rings. The lowest BCUT2D eigenvalue weighted by atomic mass is 10.1. The third kappa shape index (κ3) is 5.13. The zero-order valence-electron chi connectivity index (χ0n) is 20.0. The molecule has 0 bridgehead atoms. The van der Waals surface area contributed by atoms with E-state index in [1.165, 1.54) is 0 Å². The number of nitrogens with zero attached hydrogens (tertiary/aromatic N) is 5. The molecular formula is C25H32N6O3. The van der Waals surface area contributed by atoms with Crippen LogP contribution in [0.15, 0.2) is 42.7 Å². The van der Waals surface area contributed by atoms with Crippen molar-refractivity contribution in [1.82, 2.24) is 19.4 Å². The van der Waals surface area contributed by atoms with Crippen LogP contribution in [-0.2, 0) is 14.3 Å². The lowest BCUT2D eigenvalue weighted by Gasteiger charge is -2.35. The highest BCUT2D eigenvalue weighted by Crippen LogP contribution is 2.25. The van der Waals surface area contributed by atoms with Crippen molar-refractivity contribution in [3.63, 3.8) is 0 Å². The van der Waals surface area contributed by atoms with Gasteiger partial charge in [-0.05, 0) is 43.7 Å². The molecule has 1 unspecified atom stereocenters. The van der Waals surface area contributed by atoms with Gasteiger partial charge < -0.3 is 24.4 Å². The Kier molecular flexibility index (Phi) is 7.30. The van der Waals surface area contributed by atoms with Gasteiger partial charge in [0.05, 0.1) is 6.61 Å². The average molecular weight is 465 g/mol. The Hall–Kier alpha value is -3.62. The number of benzene rings is 1. The van der Waals surface area contributed by atoms with Crippen LogP contribution in [0.2, 0.25) is 0 Å². The molecule has 0 radical (unpaired) electrons. The van der Waals surface area contributed by atoms with Crippen LogP contribution in [0, 0.1) is 0 Å². The summed E-state index contributed by atoms with van der Waals surface area (Å²) in [6.45, 7) is 8.96. The smallest absolute Gasteiger partial charge is 0.329 e. The second-order valence-corrected chi connectivity index (χ2v) is 8.42. The molecule has 0 aliphatic carbocycles. The van der Waals surface area contributed by atoms with Crippen LogP contribution >= 0.6 is 0 Å². The average Bonchev–Trinajstić information content (AvgIpc) is 3.26. The van der Waals surface area contributed by atoms with Gasteiger partial charge in [0.15, 0.2) is 0 Å². The maximum absolute atomic E-state index is 12.5. The lowest BCUT2D eigenvalue weighted by molar-refractivity contribution is -0.147. The van der Waals surface area contributed by atoms with E-state index in [4.69, 9.17) is 9.72 Å². The highest BCUT2D eigenvalue weighted by atomic mass is 16.5. The number of ether oxygens (including phenoxy) is 1. The quantitative estimate of drug-likeness (QED) is 0.508. The molecule has 4 rings (SSSR count). The first-order valence-electron chi connectivity index (χ1n) is 11.9. The minimum Gasteiger partial charge on any atom is -0.464 e. The molecule has 1 amide bonds. The fraction of sp³-hybridized carbons (Fsp3) is 0.440. The minimum absolute atomic E-state index is 0.130. The summed E-state index contributed by atoms with van der Waals surface area (Å²) >= 11 is 0. The van der Waals surface area contributed by atoms with E-state index >= 15 is 0 Å². The Labute approximate surface area is 199 Å².